The van der Waals surface area contributed by atoms with Crippen molar-refractivity contribution in [2.45, 2.75) is 44.8 Å². The number of nitrogen functional groups attached to an aromatic ring is 1. The molecular formula is C31H38N4O7. The zero-order valence-corrected chi connectivity index (χ0v) is 23.7. The van der Waals surface area contributed by atoms with Gasteiger partial charge in [0.2, 0.25) is 18.1 Å². The highest BCUT2D eigenvalue weighted by molar-refractivity contribution is 5.95. The van der Waals surface area contributed by atoms with E-state index in [9.17, 15) is 14.4 Å². The number of hydrogen-bond acceptors (Lipinski definition) is 8. The average Bonchev–Trinajstić information content (AvgIpc) is 3.38. The predicted octanol–water partition coefficient (Wildman–Crippen LogP) is 3.55. The Hall–Kier alpha value is -4.19. The van der Waals surface area contributed by atoms with Crippen molar-refractivity contribution in [2.75, 3.05) is 44.0 Å². The number of amides is 2. The maximum Gasteiger partial charge on any atom is 0.286 e. The lowest BCUT2D eigenvalue weighted by Crippen LogP contribution is -2.33. The van der Waals surface area contributed by atoms with Crippen molar-refractivity contribution in [3.8, 4) is 0 Å². The van der Waals surface area contributed by atoms with Crippen molar-refractivity contribution in [1.29, 1.82) is 0 Å². The molecule has 0 aliphatic carbocycles. The van der Waals surface area contributed by atoms with Gasteiger partial charge in [-0.15, -0.1) is 0 Å². The summed E-state index contributed by atoms with van der Waals surface area (Å²) in [5, 5.41) is 15.5. The van der Waals surface area contributed by atoms with Crippen LogP contribution in [0.4, 0.5) is 11.4 Å². The van der Waals surface area contributed by atoms with E-state index in [1.807, 2.05) is 30.5 Å². The van der Waals surface area contributed by atoms with E-state index in [0.29, 0.717) is 43.6 Å². The fraction of sp³-hybridized carbons (Fsp3) is 0.387. The van der Waals surface area contributed by atoms with Crippen LogP contribution in [0.15, 0.2) is 66.6 Å². The van der Waals surface area contributed by atoms with Crippen LogP contribution in [0.3, 0.4) is 0 Å². The Morgan fingerprint density at radius 1 is 1.07 bits per heavy atom. The van der Waals surface area contributed by atoms with Crippen LogP contribution in [0, 0.1) is 0 Å². The third kappa shape index (κ3) is 8.19. The van der Waals surface area contributed by atoms with Crippen LogP contribution in [0.5, 0.6) is 0 Å². The van der Waals surface area contributed by atoms with Crippen LogP contribution in [0.2, 0.25) is 0 Å². The number of hydrogen-bond donors (Lipinski definition) is 4. The van der Waals surface area contributed by atoms with Crippen molar-refractivity contribution in [3.63, 3.8) is 0 Å². The first-order valence-corrected chi connectivity index (χ1v) is 14.1. The summed E-state index contributed by atoms with van der Waals surface area (Å²) in [7, 11) is 0. The van der Waals surface area contributed by atoms with Crippen LogP contribution in [0.25, 0.3) is 10.9 Å². The zero-order chi connectivity index (χ0) is 29.9. The van der Waals surface area contributed by atoms with Crippen molar-refractivity contribution >= 4 is 40.0 Å². The van der Waals surface area contributed by atoms with Gasteiger partial charge in [0, 0.05) is 43.8 Å². The highest BCUT2D eigenvalue weighted by atomic mass is 16.7. The number of carbonyl (C=O) groups excluding carboxylic acids is 3. The number of carbonyl (C=O) groups is 3. The van der Waals surface area contributed by atoms with Gasteiger partial charge in [-0.2, -0.15) is 0 Å². The molecule has 0 spiro atoms. The Bertz CT molecular complexity index is 1420. The lowest BCUT2D eigenvalue weighted by atomic mass is 9.92. The number of aliphatic hydroxyl groups excluding tert-OH is 1. The molecule has 0 bridgehead atoms. The smallest absolute Gasteiger partial charge is 0.286 e. The summed E-state index contributed by atoms with van der Waals surface area (Å²) in [6, 6.07) is 14.7. The molecule has 0 saturated heterocycles. The van der Waals surface area contributed by atoms with E-state index in [1.165, 1.54) is 6.92 Å². The second kappa shape index (κ2) is 15.2. The fourth-order valence-electron chi connectivity index (χ4n) is 4.83. The SMILES string of the molecule is CC(=O)n1cc(C2C=C(C(=O)NCCCCC(=O)Nc3ccccc3N)OC(OCCOCCO)C2)c2ccccc21. The minimum absolute atomic E-state index is 0.0817. The zero-order valence-electron chi connectivity index (χ0n) is 23.7. The van der Waals surface area contributed by atoms with E-state index >= 15 is 0 Å². The molecule has 11 nitrogen and oxygen atoms in total. The molecular weight excluding hydrogens is 540 g/mol. The molecule has 11 heteroatoms. The van der Waals surface area contributed by atoms with Gasteiger partial charge in [0.15, 0.2) is 5.76 Å². The topological polar surface area (TPSA) is 154 Å². The van der Waals surface area contributed by atoms with Crippen molar-refractivity contribution in [3.05, 3.63) is 72.1 Å². The van der Waals surface area contributed by atoms with Gasteiger partial charge in [0.1, 0.15) is 0 Å². The van der Waals surface area contributed by atoms with E-state index in [1.54, 1.807) is 34.9 Å². The number of nitrogens with two attached hydrogens (primary N) is 1. The summed E-state index contributed by atoms with van der Waals surface area (Å²) in [4.78, 5) is 37.7. The first kappa shape index (κ1) is 30.8. The largest absolute Gasteiger partial charge is 0.459 e. The molecule has 2 aromatic carbocycles. The van der Waals surface area contributed by atoms with Gasteiger partial charge >= 0.3 is 0 Å². The number of rotatable bonds is 14. The maximum atomic E-state index is 13.1. The van der Waals surface area contributed by atoms with E-state index in [2.05, 4.69) is 10.6 Å². The standard InChI is InChI=1S/C31H38N4O7/c1-21(37)35-20-24(23-8-2-5-11-27(23)35)22-18-28(42-30(19-22)41-17-16-40-15-14-36)31(39)33-13-7-6-12-29(38)34-26-10-4-3-9-25(26)32/h2-5,8-11,18,20,22,30,36H,6-7,12-17,19,32H2,1H3,(H,33,39)(H,34,38). The highest BCUT2D eigenvalue weighted by Gasteiger charge is 2.30. The number of fused-ring (bicyclic) bond motifs is 1. The molecule has 0 saturated carbocycles. The van der Waals surface area contributed by atoms with Crippen molar-refractivity contribution < 1.29 is 33.7 Å². The van der Waals surface area contributed by atoms with Crippen LogP contribution >= 0.6 is 0 Å². The number of anilines is 2. The molecule has 0 fully saturated rings. The van der Waals surface area contributed by atoms with Crippen LogP contribution in [-0.2, 0) is 23.8 Å². The van der Waals surface area contributed by atoms with Crippen molar-refractivity contribution in [2.24, 2.45) is 0 Å². The summed E-state index contributed by atoms with van der Waals surface area (Å²) in [6.45, 7) is 2.48. The van der Waals surface area contributed by atoms with E-state index in [-0.39, 0.29) is 55.8 Å². The van der Waals surface area contributed by atoms with Gasteiger partial charge < -0.3 is 35.7 Å². The predicted molar refractivity (Wildman–Crippen MR) is 159 cm³/mol. The third-order valence-electron chi connectivity index (χ3n) is 6.88. The normalized spacial score (nSPS) is 16.5. The highest BCUT2D eigenvalue weighted by Crippen LogP contribution is 2.36. The molecule has 2 amide bonds. The summed E-state index contributed by atoms with van der Waals surface area (Å²) >= 11 is 0. The van der Waals surface area contributed by atoms with Gasteiger partial charge in [-0.25, -0.2) is 0 Å². The minimum Gasteiger partial charge on any atom is -0.459 e. The molecule has 2 unspecified atom stereocenters. The van der Waals surface area contributed by atoms with Gasteiger partial charge in [0.05, 0.1) is 43.3 Å². The van der Waals surface area contributed by atoms with E-state index < -0.39 is 6.29 Å². The molecule has 1 aromatic heterocycles. The first-order valence-electron chi connectivity index (χ1n) is 14.1. The maximum absolute atomic E-state index is 13.1. The van der Waals surface area contributed by atoms with E-state index in [4.69, 9.17) is 25.1 Å². The molecule has 1 aliphatic rings. The van der Waals surface area contributed by atoms with Gasteiger partial charge in [-0.1, -0.05) is 30.3 Å². The number of nitrogens with one attached hydrogen (secondary N) is 2. The summed E-state index contributed by atoms with van der Waals surface area (Å²) in [6.07, 6.45) is 4.75. The Labute approximate surface area is 244 Å². The lowest BCUT2D eigenvalue weighted by molar-refractivity contribution is -0.151. The molecule has 4 rings (SSSR count). The number of aromatic nitrogens is 1. The summed E-state index contributed by atoms with van der Waals surface area (Å²) in [5.74, 6) is -0.761. The second-order valence-electron chi connectivity index (χ2n) is 9.97. The van der Waals surface area contributed by atoms with E-state index in [0.717, 1.165) is 16.5 Å². The fourth-order valence-corrected chi connectivity index (χ4v) is 4.83. The second-order valence-corrected chi connectivity index (χ2v) is 9.97. The number of benzene rings is 2. The number of aliphatic hydroxyl groups is 1. The lowest BCUT2D eigenvalue weighted by Gasteiger charge is -2.29. The number of nitrogens with zero attached hydrogens (tertiary/aromatic N) is 1. The molecule has 2 atom stereocenters. The molecule has 2 heterocycles. The Kier molecular flexibility index (Phi) is 11.1. The number of para-hydroxylation sites is 3. The Morgan fingerprint density at radius 3 is 2.64 bits per heavy atom. The van der Waals surface area contributed by atoms with Crippen molar-refractivity contribution in [1.82, 2.24) is 9.88 Å². The van der Waals surface area contributed by atoms with Gasteiger partial charge in [-0.3, -0.25) is 19.0 Å². The first-order chi connectivity index (χ1) is 20.4. The van der Waals surface area contributed by atoms with Crippen LogP contribution in [-0.4, -0.2) is 66.7 Å². The Morgan fingerprint density at radius 2 is 1.86 bits per heavy atom. The number of unbranched alkanes of at least 4 members (excludes halogenated alkanes) is 1. The average molecular weight is 579 g/mol. The molecule has 42 heavy (non-hydrogen) atoms. The Balaban J connectivity index is 1.38. The van der Waals surface area contributed by atoms with Crippen LogP contribution in [0.1, 0.15) is 48.9 Å². The summed E-state index contributed by atoms with van der Waals surface area (Å²) < 4.78 is 18.7. The molecule has 3 aromatic rings. The molecule has 224 valence electrons. The van der Waals surface area contributed by atoms with Crippen LogP contribution < -0.4 is 16.4 Å². The van der Waals surface area contributed by atoms with Gasteiger partial charge in [0.25, 0.3) is 5.91 Å². The minimum atomic E-state index is -0.716. The molecule has 1 aliphatic heterocycles. The summed E-state index contributed by atoms with van der Waals surface area (Å²) in [5.41, 5.74) is 8.64. The number of allylic oxidation sites excluding steroid dienone is 1. The quantitative estimate of drug-likeness (QED) is 0.167. The van der Waals surface area contributed by atoms with Gasteiger partial charge in [-0.05, 0) is 42.7 Å². The monoisotopic (exact) mass is 578 g/mol. The number of ether oxygens (including phenoxy) is 3. The molecule has 5 N–H and O–H groups in total. The third-order valence-corrected chi connectivity index (χ3v) is 6.88. The molecule has 0 radical (unpaired) electrons.